The average molecular weight is 428 g/mol. The van der Waals surface area contributed by atoms with E-state index >= 15 is 0 Å². The number of rotatable bonds is 6. The molecule has 0 bridgehead atoms. The van der Waals surface area contributed by atoms with Gasteiger partial charge in [0.25, 0.3) is 5.91 Å². The Bertz CT molecular complexity index is 1260. The van der Waals surface area contributed by atoms with E-state index in [0.29, 0.717) is 40.3 Å². The van der Waals surface area contributed by atoms with Crippen molar-refractivity contribution in [2.24, 2.45) is 0 Å². The number of hydrogen-bond donors (Lipinski definition) is 1. The number of benzene rings is 3. The van der Waals surface area contributed by atoms with Gasteiger partial charge in [-0.25, -0.2) is 0 Å². The van der Waals surface area contributed by atoms with Crippen LogP contribution in [0.4, 0.5) is 11.4 Å². The lowest BCUT2D eigenvalue weighted by molar-refractivity contribution is -0.116. The van der Waals surface area contributed by atoms with Crippen molar-refractivity contribution in [3.63, 3.8) is 0 Å². The molecule has 0 saturated carbocycles. The molecule has 4 aromatic rings. The van der Waals surface area contributed by atoms with Gasteiger partial charge < -0.3 is 19.4 Å². The zero-order chi connectivity index (χ0) is 22.7. The zero-order valence-electron chi connectivity index (χ0n) is 18.2. The number of aryl methyl sites for hydroxylation is 1. The van der Waals surface area contributed by atoms with E-state index in [1.807, 2.05) is 48.5 Å². The molecule has 0 aliphatic heterocycles. The highest BCUT2D eigenvalue weighted by molar-refractivity contribution is 6.13. The minimum atomic E-state index is -0.269. The number of nitrogens with one attached hydrogen (secondary N) is 1. The van der Waals surface area contributed by atoms with Gasteiger partial charge in [-0.05, 0) is 55.0 Å². The first kappa shape index (κ1) is 21.2. The third-order valence-corrected chi connectivity index (χ3v) is 5.30. The number of amides is 2. The fourth-order valence-electron chi connectivity index (χ4n) is 3.46. The summed E-state index contributed by atoms with van der Waals surface area (Å²) in [6, 6.07) is 22.5. The topological polar surface area (TPSA) is 71.8 Å². The highest BCUT2D eigenvalue weighted by Gasteiger charge is 2.19. The third-order valence-electron chi connectivity index (χ3n) is 5.30. The van der Waals surface area contributed by atoms with Crippen molar-refractivity contribution in [1.29, 1.82) is 0 Å². The summed E-state index contributed by atoms with van der Waals surface area (Å²) in [5, 5.41) is 3.60. The standard InChI is InChI=1S/C26H24N2O4/c1-17-25(26(30)27-20-9-11-21(12-10-20)28(3)18(2)29)23-15-22(13-14-24(23)32-17)31-16-19-7-5-4-6-8-19/h4-15H,16H2,1-3H3,(H,27,30). The number of carbonyl (C=O) groups is 2. The largest absolute Gasteiger partial charge is 0.489 e. The fraction of sp³-hybridized carbons (Fsp3) is 0.154. The van der Waals surface area contributed by atoms with Gasteiger partial charge in [-0.1, -0.05) is 30.3 Å². The lowest BCUT2D eigenvalue weighted by Gasteiger charge is -2.15. The van der Waals surface area contributed by atoms with E-state index in [0.717, 1.165) is 11.3 Å². The molecular formula is C26H24N2O4. The number of carbonyl (C=O) groups excluding carboxylic acids is 2. The molecule has 4 rings (SSSR count). The second-order valence-corrected chi connectivity index (χ2v) is 7.54. The minimum absolute atomic E-state index is 0.0624. The zero-order valence-corrected chi connectivity index (χ0v) is 18.2. The van der Waals surface area contributed by atoms with Crippen molar-refractivity contribution in [2.45, 2.75) is 20.5 Å². The molecule has 3 aromatic carbocycles. The van der Waals surface area contributed by atoms with Crippen LogP contribution in [0.5, 0.6) is 5.75 Å². The first-order chi connectivity index (χ1) is 15.4. The molecule has 0 saturated heterocycles. The summed E-state index contributed by atoms with van der Waals surface area (Å²) in [5.41, 5.74) is 3.53. The maximum Gasteiger partial charge on any atom is 0.259 e. The number of furan rings is 1. The van der Waals surface area contributed by atoms with E-state index in [1.165, 1.54) is 11.8 Å². The van der Waals surface area contributed by atoms with Gasteiger partial charge in [0, 0.05) is 30.7 Å². The molecule has 32 heavy (non-hydrogen) atoms. The van der Waals surface area contributed by atoms with Crippen LogP contribution in [0.1, 0.15) is 28.6 Å². The summed E-state index contributed by atoms with van der Waals surface area (Å²) in [6.07, 6.45) is 0. The van der Waals surface area contributed by atoms with Crippen LogP contribution in [-0.2, 0) is 11.4 Å². The Labute approximate surface area is 186 Å². The maximum atomic E-state index is 13.1. The predicted octanol–water partition coefficient (Wildman–Crippen LogP) is 5.56. The Hall–Kier alpha value is -4.06. The highest BCUT2D eigenvalue weighted by Crippen LogP contribution is 2.30. The van der Waals surface area contributed by atoms with Crippen LogP contribution in [0.3, 0.4) is 0 Å². The van der Waals surface area contributed by atoms with Crippen LogP contribution >= 0.6 is 0 Å². The van der Waals surface area contributed by atoms with Crippen molar-refractivity contribution < 1.29 is 18.7 Å². The lowest BCUT2D eigenvalue weighted by Crippen LogP contribution is -2.22. The van der Waals surface area contributed by atoms with Gasteiger partial charge in [-0.2, -0.15) is 0 Å². The van der Waals surface area contributed by atoms with Crippen LogP contribution in [0, 0.1) is 6.92 Å². The molecule has 1 heterocycles. The van der Waals surface area contributed by atoms with Gasteiger partial charge in [0.05, 0.1) is 5.56 Å². The van der Waals surface area contributed by atoms with E-state index in [2.05, 4.69) is 5.32 Å². The van der Waals surface area contributed by atoms with Gasteiger partial charge in [-0.3, -0.25) is 9.59 Å². The molecule has 0 radical (unpaired) electrons. The number of ether oxygens (including phenoxy) is 1. The maximum absolute atomic E-state index is 13.1. The summed E-state index contributed by atoms with van der Waals surface area (Å²) in [4.78, 5) is 26.1. The molecule has 1 N–H and O–H groups in total. The van der Waals surface area contributed by atoms with Crippen molar-refractivity contribution in [3.8, 4) is 5.75 Å². The van der Waals surface area contributed by atoms with Crippen LogP contribution < -0.4 is 15.0 Å². The first-order valence-corrected chi connectivity index (χ1v) is 10.3. The molecule has 0 aliphatic carbocycles. The van der Waals surface area contributed by atoms with Gasteiger partial charge in [0.1, 0.15) is 23.7 Å². The molecule has 0 atom stereocenters. The van der Waals surface area contributed by atoms with E-state index in [4.69, 9.17) is 9.15 Å². The number of fused-ring (bicyclic) bond motifs is 1. The van der Waals surface area contributed by atoms with Crippen molar-refractivity contribution in [3.05, 3.63) is 89.7 Å². The second-order valence-electron chi connectivity index (χ2n) is 7.54. The van der Waals surface area contributed by atoms with Crippen LogP contribution in [0.25, 0.3) is 11.0 Å². The molecule has 6 heteroatoms. The van der Waals surface area contributed by atoms with E-state index in [1.54, 1.807) is 38.2 Å². The first-order valence-electron chi connectivity index (χ1n) is 10.3. The molecule has 1 aromatic heterocycles. The van der Waals surface area contributed by atoms with E-state index in [-0.39, 0.29) is 11.8 Å². The van der Waals surface area contributed by atoms with Crippen LogP contribution in [-0.4, -0.2) is 18.9 Å². The molecule has 0 unspecified atom stereocenters. The smallest absolute Gasteiger partial charge is 0.259 e. The van der Waals surface area contributed by atoms with Gasteiger partial charge in [0.15, 0.2) is 0 Å². The van der Waals surface area contributed by atoms with Crippen molar-refractivity contribution in [2.75, 3.05) is 17.3 Å². The van der Waals surface area contributed by atoms with Crippen molar-refractivity contribution in [1.82, 2.24) is 0 Å². The quantitative estimate of drug-likeness (QED) is 0.437. The SMILES string of the molecule is CC(=O)N(C)c1ccc(NC(=O)c2c(C)oc3ccc(OCc4ccccc4)cc23)cc1. The predicted molar refractivity (Wildman–Crippen MR) is 125 cm³/mol. The lowest BCUT2D eigenvalue weighted by atomic mass is 10.1. The molecule has 6 nitrogen and oxygen atoms in total. The van der Waals surface area contributed by atoms with Gasteiger partial charge in [0.2, 0.25) is 5.91 Å². The Morgan fingerprint density at radius 3 is 2.41 bits per heavy atom. The summed E-state index contributed by atoms with van der Waals surface area (Å²) in [5.74, 6) is 0.861. The Balaban J connectivity index is 1.54. The Morgan fingerprint density at radius 2 is 1.72 bits per heavy atom. The average Bonchev–Trinajstić information content (AvgIpc) is 3.13. The van der Waals surface area contributed by atoms with Gasteiger partial charge >= 0.3 is 0 Å². The Morgan fingerprint density at radius 1 is 1.00 bits per heavy atom. The molecular weight excluding hydrogens is 404 g/mol. The van der Waals surface area contributed by atoms with E-state index < -0.39 is 0 Å². The summed E-state index contributed by atoms with van der Waals surface area (Å²) < 4.78 is 11.7. The second kappa shape index (κ2) is 8.98. The molecule has 0 spiro atoms. The normalized spacial score (nSPS) is 10.7. The minimum Gasteiger partial charge on any atom is -0.489 e. The number of anilines is 2. The molecule has 162 valence electrons. The third kappa shape index (κ3) is 4.49. The fourth-order valence-corrected chi connectivity index (χ4v) is 3.46. The molecule has 0 fully saturated rings. The van der Waals surface area contributed by atoms with E-state index in [9.17, 15) is 9.59 Å². The number of hydrogen-bond acceptors (Lipinski definition) is 4. The Kier molecular flexibility index (Phi) is 5.94. The monoisotopic (exact) mass is 428 g/mol. The van der Waals surface area contributed by atoms with Crippen LogP contribution in [0.15, 0.2) is 77.2 Å². The van der Waals surface area contributed by atoms with Crippen LogP contribution in [0.2, 0.25) is 0 Å². The summed E-state index contributed by atoms with van der Waals surface area (Å²) in [6.45, 7) is 3.70. The molecule has 2 amide bonds. The molecule has 0 aliphatic rings. The summed E-state index contributed by atoms with van der Waals surface area (Å²) >= 11 is 0. The van der Waals surface area contributed by atoms with Gasteiger partial charge in [-0.15, -0.1) is 0 Å². The number of nitrogens with zero attached hydrogens (tertiary/aromatic N) is 1. The summed E-state index contributed by atoms with van der Waals surface area (Å²) in [7, 11) is 1.70. The van der Waals surface area contributed by atoms with Crippen molar-refractivity contribution >= 4 is 34.2 Å². The highest BCUT2D eigenvalue weighted by atomic mass is 16.5.